The Balaban J connectivity index is -0.000000552. The van der Waals surface area contributed by atoms with Crippen LogP contribution in [-0.2, 0) is 14.4 Å². The lowest BCUT2D eigenvalue weighted by molar-refractivity contribution is -0.139. The number of rotatable bonds is 10. The highest BCUT2D eigenvalue weighted by Crippen LogP contribution is 2.32. The van der Waals surface area contributed by atoms with Gasteiger partial charge in [0.05, 0.1) is 5.56 Å². The van der Waals surface area contributed by atoms with Gasteiger partial charge in [0.25, 0.3) is 0 Å². The Morgan fingerprint density at radius 1 is 1.17 bits per heavy atom. The number of nitrogens with two attached hydrogens (primary N) is 1. The van der Waals surface area contributed by atoms with E-state index in [4.69, 9.17) is 9.84 Å². The summed E-state index contributed by atoms with van der Waals surface area (Å²) in [6.45, 7) is 14.3. The van der Waals surface area contributed by atoms with E-state index in [0.717, 1.165) is 12.8 Å². The first kappa shape index (κ1) is 31.5. The molecule has 0 aliphatic heterocycles. The molecule has 0 unspecified atom stereocenters. The summed E-state index contributed by atoms with van der Waals surface area (Å²) in [4.78, 5) is 32.4. The van der Waals surface area contributed by atoms with Crippen LogP contribution in [0.4, 0.5) is 5.69 Å². The van der Waals surface area contributed by atoms with Crippen LogP contribution in [0.15, 0.2) is 50.1 Å². The molecule has 4 N–H and O–H groups in total. The number of aliphatic carboxylic acids is 1. The van der Waals surface area contributed by atoms with Gasteiger partial charge in [0, 0.05) is 18.3 Å². The minimum absolute atomic E-state index is 0.0552. The summed E-state index contributed by atoms with van der Waals surface area (Å²) in [5, 5.41) is 11.4. The first-order valence-corrected chi connectivity index (χ1v) is 9.47. The Labute approximate surface area is 180 Å². The number of carboxylic acid groups (broad SMARTS) is 1. The normalized spacial score (nSPS) is 8.30. The van der Waals surface area contributed by atoms with Crippen molar-refractivity contribution in [1.29, 1.82) is 0 Å². The molecule has 0 atom stereocenters. The molecular formula is C23H36N2O5. The number of carbonyl (C=O) groups is 3. The Kier molecular flexibility index (Phi) is 23.2. The average molecular weight is 421 g/mol. The van der Waals surface area contributed by atoms with E-state index in [2.05, 4.69) is 44.6 Å². The first-order chi connectivity index (χ1) is 14.3. The largest absolute Gasteiger partial charge is 0.481 e. The summed E-state index contributed by atoms with van der Waals surface area (Å²) in [6.07, 6.45) is 7.30. The second-order valence-corrected chi connectivity index (χ2v) is 5.43. The van der Waals surface area contributed by atoms with Crippen LogP contribution in [0.3, 0.4) is 0 Å². The molecule has 0 amide bonds. The van der Waals surface area contributed by atoms with Gasteiger partial charge < -0.3 is 20.9 Å². The molecule has 168 valence electrons. The number of allylic oxidation sites excluding steroid dienone is 3. The summed E-state index contributed by atoms with van der Waals surface area (Å²) in [5.41, 5.74) is 5.24. The third-order valence-corrected chi connectivity index (χ3v) is 2.93. The molecule has 7 heteroatoms. The van der Waals surface area contributed by atoms with Crippen LogP contribution in [0.25, 0.3) is 5.57 Å². The summed E-state index contributed by atoms with van der Waals surface area (Å²) >= 11 is 0. The number of nitrogens with one attached hydrogen (secondary N) is 1. The van der Waals surface area contributed by atoms with E-state index in [1.54, 1.807) is 19.2 Å². The maximum atomic E-state index is 11.4. The van der Waals surface area contributed by atoms with Crippen molar-refractivity contribution in [2.45, 2.75) is 33.1 Å². The van der Waals surface area contributed by atoms with Crippen molar-refractivity contribution in [2.75, 3.05) is 26.0 Å². The number of aldehydes is 1. The van der Waals surface area contributed by atoms with Gasteiger partial charge in [0.15, 0.2) is 12.9 Å². The SMILES string of the molecule is C=C(C(=O)C=O)c1c(NC)cccc1OCC(=O)O.C=CCCC=C.CCC.CN. The van der Waals surface area contributed by atoms with E-state index in [-0.39, 0.29) is 23.2 Å². The second-order valence-electron chi connectivity index (χ2n) is 5.43. The van der Waals surface area contributed by atoms with Gasteiger partial charge in [-0.2, -0.15) is 0 Å². The van der Waals surface area contributed by atoms with Crippen molar-refractivity contribution in [1.82, 2.24) is 0 Å². The van der Waals surface area contributed by atoms with Gasteiger partial charge in [-0.1, -0.05) is 45.1 Å². The molecule has 7 nitrogen and oxygen atoms in total. The van der Waals surface area contributed by atoms with Crippen molar-refractivity contribution < 1.29 is 24.2 Å². The number of benzene rings is 1. The van der Waals surface area contributed by atoms with Gasteiger partial charge in [-0.25, -0.2) is 4.79 Å². The highest BCUT2D eigenvalue weighted by molar-refractivity contribution is 6.46. The van der Waals surface area contributed by atoms with E-state index in [9.17, 15) is 14.4 Å². The third-order valence-electron chi connectivity index (χ3n) is 2.93. The average Bonchev–Trinajstić information content (AvgIpc) is 2.77. The van der Waals surface area contributed by atoms with E-state index in [1.807, 2.05) is 12.2 Å². The molecular weight excluding hydrogens is 384 g/mol. The standard InChI is InChI=1S/C13H13NO5.C6H10.C3H8.CH5N/c1-8(10(16)6-15)13-9(14-2)4-3-5-11(13)19-7-12(17)18;1-3-5-6-4-2;1-3-2;1-2/h3-6,14H,1,7H2,2H3,(H,17,18);3-4H,1-2,5-6H2;3H2,1-2H3;2H2,1H3. The number of Topliss-reactive ketones (excluding diaryl/α,β-unsaturated/α-hetero) is 1. The molecule has 0 radical (unpaired) electrons. The molecule has 0 aromatic heterocycles. The number of carbonyl (C=O) groups excluding carboxylic acids is 2. The van der Waals surface area contributed by atoms with Crippen molar-refractivity contribution in [3.63, 3.8) is 0 Å². The number of hydrogen-bond donors (Lipinski definition) is 3. The Hall–Kier alpha value is -3.19. The number of anilines is 1. The maximum absolute atomic E-state index is 11.4. The fraction of sp³-hybridized carbons (Fsp3) is 0.348. The third kappa shape index (κ3) is 14.8. The van der Waals surface area contributed by atoms with Gasteiger partial charge in [-0.15, -0.1) is 13.2 Å². The van der Waals surface area contributed by atoms with Crippen molar-refractivity contribution in [3.8, 4) is 5.75 Å². The highest BCUT2D eigenvalue weighted by Gasteiger charge is 2.18. The van der Waals surface area contributed by atoms with Crippen LogP contribution in [0, 0.1) is 0 Å². The molecule has 0 bridgehead atoms. The molecule has 1 rings (SSSR count). The van der Waals surface area contributed by atoms with Gasteiger partial charge in [-0.05, 0) is 32.0 Å². The number of ether oxygens (including phenoxy) is 1. The van der Waals surface area contributed by atoms with Crippen LogP contribution < -0.4 is 15.8 Å². The molecule has 0 aliphatic carbocycles. The van der Waals surface area contributed by atoms with E-state index in [0.29, 0.717) is 5.69 Å². The van der Waals surface area contributed by atoms with Gasteiger partial charge in [-0.3, -0.25) is 9.59 Å². The summed E-state index contributed by atoms with van der Waals surface area (Å²) in [7, 11) is 3.12. The molecule has 1 aromatic carbocycles. The molecule has 0 fully saturated rings. The molecule has 0 aliphatic rings. The number of ketones is 1. The zero-order valence-electron chi connectivity index (χ0n) is 18.6. The topological polar surface area (TPSA) is 119 Å². The molecule has 30 heavy (non-hydrogen) atoms. The first-order valence-electron chi connectivity index (χ1n) is 9.47. The summed E-state index contributed by atoms with van der Waals surface area (Å²) in [6, 6.07) is 4.79. The smallest absolute Gasteiger partial charge is 0.341 e. The van der Waals surface area contributed by atoms with Gasteiger partial charge in [0.1, 0.15) is 5.75 Å². The molecule has 0 spiro atoms. The molecule has 0 saturated heterocycles. The van der Waals surface area contributed by atoms with Crippen LogP contribution in [0.2, 0.25) is 0 Å². The lowest BCUT2D eigenvalue weighted by atomic mass is 10.0. The second kappa shape index (κ2) is 22.1. The van der Waals surface area contributed by atoms with E-state index in [1.165, 1.54) is 19.5 Å². The maximum Gasteiger partial charge on any atom is 0.341 e. The highest BCUT2D eigenvalue weighted by atomic mass is 16.5. The summed E-state index contributed by atoms with van der Waals surface area (Å²) < 4.78 is 5.09. The Morgan fingerprint density at radius 3 is 2.03 bits per heavy atom. The van der Waals surface area contributed by atoms with E-state index < -0.39 is 18.4 Å². The van der Waals surface area contributed by atoms with E-state index >= 15 is 0 Å². The summed E-state index contributed by atoms with van der Waals surface area (Å²) in [5.74, 6) is -1.76. The van der Waals surface area contributed by atoms with Crippen LogP contribution >= 0.6 is 0 Å². The van der Waals surface area contributed by atoms with Crippen molar-refractivity contribution >= 4 is 29.3 Å². The quantitative estimate of drug-likeness (QED) is 0.171. The fourth-order valence-electron chi connectivity index (χ4n) is 1.74. The van der Waals surface area contributed by atoms with Gasteiger partial charge >= 0.3 is 5.97 Å². The predicted octanol–water partition coefficient (Wildman–Crippen LogP) is 4.10. The zero-order chi connectivity index (χ0) is 23.9. The predicted molar refractivity (Wildman–Crippen MR) is 125 cm³/mol. The monoisotopic (exact) mass is 420 g/mol. The van der Waals surface area contributed by atoms with Crippen LogP contribution in [-0.4, -0.2) is 43.8 Å². The Bertz CT molecular complexity index is 662. The molecule has 0 saturated carbocycles. The lowest BCUT2D eigenvalue weighted by Gasteiger charge is -2.14. The molecule has 1 aromatic rings. The minimum atomic E-state index is -1.15. The number of hydrogen-bond acceptors (Lipinski definition) is 6. The van der Waals surface area contributed by atoms with Crippen LogP contribution in [0.5, 0.6) is 5.75 Å². The zero-order valence-corrected chi connectivity index (χ0v) is 18.6. The van der Waals surface area contributed by atoms with Gasteiger partial charge in [0.2, 0.25) is 5.78 Å². The minimum Gasteiger partial charge on any atom is -0.481 e. The van der Waals surface area contributed by atoms with Crippen LogP contribution in [0.1, 0.15) is 38.7 Å². The molecule has 0 heterocycles. The number of carboxylic acids is 1. The van der Waals surface area contributed by atoms with Crippen molar-refractivity contribution in [3.05, 3.63) is 55.7 Å². The fourth-order valence-corrected chi connectivity index (χ4v) is 1.74. The Morgan fingerprint density at radius 2 is 1.67 bits per heavy atom. The van der Waals surface area contributed by atoms with Crippen molar-refractivity contribution in [2.24, 2.45) is 5.73 Å². The lowest BCUT2D eigenvalue weighted by Crippen LogP contribution is -2.12. The number of unbranched alkanes of at least 4 members (excludes halogenated alkanes) is 1.